The van der Waals surface area contributed by atoms with E-state index in [4.69, 9.17) is 0 Å². The van der Waals surface area contributed by atoms with Gasteiger partial charge in [0.1, 0.15) is 0 Å². The summed E-state index contributed by atoms with van der Waals surface area (Å²) in [5, 5.41) is 5.58. The Balaban J connectivity index is 0.00000312. The van der Waals surface area contributed by atoms with Gasteiger partial charge in [-0.05, 0) is 42.0 Å². The molecule has 0 atom stereocenters. The largest absolute Gasteiger partial charge is 0.378 e. The fourth-order valence-electron chi connectivity index (χ4n) is 2.50. The summed E-state index contributed by atoms with van der Waals surface area (Å²) >= 11 is 1.81. The lowest BCUT2D eigenvalue weighted by Gasteiger charge is -2.22. The zero-order valence-electron chi connectivity index (χ0n) is 15.5. The van der Waals surface area contributed by atoms with Crippen LogP contribution < -0.4 is 10.2 Å². The number of benzene rings is 1. The third-order valence-corrected chi connectivity index (χ3v) is 4.93. The Labute approximate surface area is 173 Å². The lowest BCUT2D eigenvalue weighted by molar-refractivity contribution is 0.487. The Morgan fingerprint density at radius 2 is 1.80 bits per heavy atom. The van der Waals surface area contributed by atoms with Crippen molar-refractivity contribution < 1.29 is 0 Å². The lowest BCUT2D eigenvalue weighted by Crippen LogP contribution is -2.40. The zero-order chi connectivity index (χ0) is 17.4. The van der Waals surface area contributed by atoms with Crippen LogP contribution in [0, 0.1) is 0 Å². The third kappa shape index (κ3) is 7.23. The molecule has 2 rings (SSSR count). The molecule has 0 aliphatic heterocycles. The van der Waals surface area contributed by atoms with Crippen LogP contribution in [0.1, 0.15) is 10.4 Å². The molecule has 6 heteroatoms. The number of nitrogens with zero attached hydrogens (tertiary/aromatic N) is 3. The number of rotatable bonds is 7. The molecule has 1 aromatic carbocycles. The van der Waals surface area contributed by atoms with Gasteiger partial charge in [-0.15, -0.1) is 35.3 Å². The first-order valence-electron chi connectivity index (χ1n) is 8.30. The summed E-state index contributed by atoms with van der Waals surface area (Å²) in [6.07, 6.45) is 2.05. The minimum atomic E-state index is 0. The van der Waals surface area contributed by atoms with E-state index < -0.39 is 0 Å². The Bertz CT molecular complexity index is 623. The molecule has 2 aromatic rings. The van der Waals surface area contributed by atoms with Gasteiger partial charge in [-0.2, -0.15) is 0 Å². The lowest BCUT2D eigenvalue weighted by atomic mass is 10.1. The van der Waals surface area contributed by atoms with E-state index in [0.717, 1.165) is 31.9 Å². The summed E-state index contributed by atoms with van der Waals surface area (Å²) in [5.41, 5.74) is 2.57. The second kappa shape index (κ2) is 11.4. The number of likely N-dealkylation sites (N-methyl/N-ethyl adjacent to an activating group) is 1. The zero-order valence-corrected chi connectivity index (χ0v) is 18.7. The summed E-state index contributed by atoms with van der Waals surface area (Å²) in [5.74, 6) is 0.955. The Hall–Kier alpha value is -1.28. The van der Waals surface area contributed by atoms with Crippen LogP contribution in [-0.4, -0.2) is 52.1 Å². The van der Waals surface area contributed by atoms with E-state index in [1.165, 1.54) is 16.1 Å². The molecule has 1 N–H and O–H groups in total. The molecule has 1 heterocycles. The standard InChI is InChI=1S/C19H28N4S.HI/c1-20-19(23(4)14-12-18-6-5-15-24-18)21-13-11-16-7-9-17(10-8-16)22(2)3;/h5-10,15H,11-14H2,1-4H3,(H,20,21);1H. The van der Waals surface area contributed by atoms with E-state index in [1.54, 1.807) is 0 Å². The molecule has 4 nitrogen and oxygen atoms in total. The molecule has 0 saturated carbocycles. The summed E-state index contributed by atoms with van der Waals surface area (Å²) < 4.78 is 0. The maximum Gasteiger partial charge on any atom is 0.193 e. The predicted octanol–water partition coefficient (Wildman–Crippen LogP) is 3.72. The van der Waals surface area contributed by atoms with E-state index in [1.807, 2.05) is 18.4 Å². The first kappa shape index (κ1) is 21.8. The number of guanidine groups is 1. The Kier molecular flexibility index (Phi) is 9.89. The molecule has 1 aromatic heterocycles. The average molecular weight is 472 g/mol. The van der Waals surface area contributed by atoms with Crippen molar-refractivity contribution in [2.75, 3.05) is 46.2 Å². The first-order valence-corrected chi connectivity index (χ1v) is 9.18. The van der Waals surface area contributed by atoms with Gasteiger partial charge in [0.25, 0.3) is 0 Å². The van der Waals surface area contributed by atoms with E-state index in [2.05, 4.69) is 83.0 Å². The highest BCUT2D eigenvalue weighted by Crippen LogP contribution is 2.12. The van der Waals surface area contributed by atoms with Crippen molar-refractivity contribution >= 4 is 47.0 Å². The predicted molar refractivity (Wildman–Crippen MR) is 122 cm³/mol. The minimum Gasteiger partial charge on any atom is -0.378 e. The second-order valence-corrected chi connectivity index (χ2v) is 7.07. The Morgan fingerprint density at radius 3 is 2.36 bits per heavy atom. The number of halogens is 1. The van der Waals surface area contributed by atoms with Crippen molar-refractivity contribution in [2.45, 2.75) is 12.8 Å². The van der Waals surface area contributed by atoms with Crippen LogP contribution in [0.15, 0.2) is 46.8 Å². The van der Waals surface area contributed by atoms with E-state index in [0.29, 0.717) is 0 Å². The fourth-order valence-corrected chi connectivity index (χ4v) is 3.20. The van der Waals surface area contributed by atoms with E-state index in [9.17, 15) is 0 Å². The van der Waals surface area contributed by atoms with Crippen molar-refractivity contribution in [3.63, 3.8) is 0 Å². The SMILES string of the molecule is CN=C(NCCc1ccc(N(C)C)cc1)N(C)CCc1cccs1.I. The molecule has 0 radical (unpaired) electrons. The van der Waals surface area contributed by atoms with Crippen LogP contribution in [0.25, 0.3) is 0 Å². The number of nitrogens with one attached hydrogen (secondary N) is 1. The van der Waals surface area contributed by atoms with Crippen molar-refractivity contribution in [3.05, 3.63) is 52.2 Å². The van der Waals surface area contributed by atoms with Gasteiger partial charge in [-0.1, -0.05) is 18.2 Å². The highest BCUT2D eigenvalue weighted by Gasteiger charge is 2.06. The third-order valence-electron chi connectivity index (χ3n) is 4.00. The normalized spacial score (nSPS) is 11.0. The van der Waals surface area contributed by atoms with E-state index >= 15 is 0 Å². The molecule has 0 fully saturated rings. The molecule has 0 unspecified atom stereocenters. The maximum atomic E-state index is 4.38. The molecular formula is C19H29IN4S. The van der Waals surface area contributed by atoms with Gasteiger partial charge in [0.05, 0.1) is 0 Å². The molecular weight excluding hydrogens is 443 g/mol. The van der Waals surface area contributed by atoms with Gasteiger partial charge < -0.3 is 15.1 Å². The summed E-state index contributed by atoms with van der Waals surface area (Å²) in [6.45, 7) is 1.86. The molecule has 0 aliphatic carbocycles. The quantitative estimate of drug-likeness (QED) is 0.379. The molecule has 0 spiro atoms. The molecule has 25 heavy (non-hydrogen) atoms. The summed E-state index contributed by atoms with van der Waals surface area (Å²) in [6, 6.07) is 13.0. The first-order chi connectivity index (χ1) is 11.6. The minimum absolute atomic E-state index is 0. The topological polar surface area (TPSA) is 30.9 Å². The van der Waals surface area contributed by atoms with Crippen LogP contribution in [-0.2, 0) is 12.8 Å². The van der Waals surface area contributed by atoms with Gasteiger partial charge in [-0.25, -0.2) is 0 Å². The smallest absolute Gasteiger partial charge is 0.193 e. The average Bonchev–Trinajstić information content (AvgIpc) is 3.10. The van der Waals surface area contributed by atoms with Crippen molar-refractivity contribution in [3.8, 4) is 0 Å². The van der Waals surface area contributed by atoms with Crippen LogP contribution in [0.3, 0.4) is 0 Å². The number of aliphatic imine (C=N–C) groups is 1. The fraction of sp³-hybridized carbons (Fsp3) is 0.421. The molecule has 0 saturated heterocycles. The monoisotopic (exact) mass is 472 g/mol. The van der Waals surface area contributed by atoms with E-state index in [-0.39, 0.29) is 24.0 Å². The van der Waals surface area contributed by atoms with Gasteiger partial charge >= 0.3 is 0 Å². The second-order valence-electron chi connectivity index (χ2n) is 6.04. The molecule has 138 valence electrons. The number of hydrogen-bond donors (Lipinski definition) is 1. The van der Waals surface area contributed by atoms with Crippen LogP contribution in [0.4, 0.5) is 5.69 Å². The number of anilines is 1. The number of thiophene rings is 1. The number of hydrogen-bond acceptors (Lipinski definition) is 3. The highest BCUT2D eigenvalue weighted by molar-refractivity contribution is 14.0. The van der Waals surface area contributed by atoms with Crippen molar-refractivity contribution in [1.29, 1.82) is 0 Å². The summed E-state index contributed by atoms with van der Waals surface area (Å²) in [7, 11) is 8.06. The van der Waals surface area contributed by atoms with Gasteiger partial charge in [-0.3, -0.25) is 4.99 Å². The van der Waals surface area contributed by atoms with Gasteiger partial charge in [0.2, 0.25) is 0 Å². The highest BCUT2D eigenvalue weighted by atomic mass is 127. The summed E-state index contributed by atoms with van der Waals surface area (Å²) in [4.78, 5) is 10.1. The van der Waals surface area contributed by atoms with Gasteiger partial charge in [0, 0.05) is 51.8 Å². The van der Waals surface area contributed by atoms with Crippen molar-refractivity contribution in [1.82, 2.24) is 10.2 Å². The van der Waals surface area contributed by atoms with Crippen LogP contribution in [0.2, 0.25) is 0 Å². The van der Waals surface area contributed by atoms with Crippen LogP contribution >= 0.6 is 35.3 Å². The Morgan fingerprint density at radius 1 is 1.08 bits per heavy atom. The van der Waals surface area contributed by atoms with Crippen molar-refractivity contribution in [2.24, 2.45) is 4.99 Å². The molecule has 0 bridgehead atoms. The molecule has 0 aliphatic rings. The maximum absolute atomic E-state index is 4.38. The molecule has 0 amide bonds. The van der Waals surface area contributed by atoms with Gasteiger partial charge in [0.15, 0.2) is 5.96 Å². The van der Waals surface area contributed by atoms with Crippen LogP contribution in [0.5, 0.6) is 0 Å².